The lowest BCUT2D eigenvalue weighted by Gasteiger charge is -2.12. The molecule has 0 spiro atoms. The number of methoxy groups -OCH3 is 1. The van der Waals surface area contributed by atoms with E-state index in [1.165, 1.54) is 18.4 Å². The molecule has 1 aromatic heterocycles. The number of anilines is 2. The second-order valence-electron chi connectivity index (χ2n) is 3.87. The van der Waals surface area contributed by atoms with Crippen molar-refractivity contribution in [3.8, 4) is 5.75 Å². The Hall–Kier alpha value is -1.31. The molecule has 0 aliphatic heterocycles. The molecule has 8 heteroatoms. The summed E-state index contributed by atoms with van der Waals surface area (Å²) in [5, 5.41) is 5.43. The van der Waals surface area contributed by atoms with Crippen LogP contribution in [-0.4, -0.2) is 18.0 Å². The van der Waals surface area contributed by atoms with Crippen LogP contribution < -0.4 is 15.8 Å². The highest BCUT2D eigenvalue weighted by Crippen LogP contribution is 2.36. The van der Waals surface area contributed by atoms with Crippen molar-refractivity contribution in [1.82, 2.24) is 4.98 Å². The fourth-order valence-corrected chi connectivity index (χ4v) is 3.16. The number of nitrogens with two attached hydrogens (primary N) is 1. The molecular weight excluding hydrogens is 366 g/mol. The molecule has 0 aliphatic carbocycles. The van der Waals surface area contributed by atoms with E-state index in [0.29, 0.717) is 31.8 Å². The number of carbonyl (C=O) groups is 1. The van der Waals surface area contributed by atoms with Crippen LogP contribution in [0.3, 0.4) is 0 Å². The first-order chi connectivity index (χ1) is 9.49. The third-order valence-electron chi connectivity index (χ3n) is 2.40. The van der Waals surface area contributed by atoms with E-state index in [4.69, 9.17) is 22.1 Å². The SMILES string of the molecule is COc1c(Br)cc(Cl)cc1NC(=O)Cc1csc(N)n1. The van der Waals surface area contributed by atoms with Gasteiger partial charge in [0.2, 0.25) is 5.91 Å². The molecule has 0 saturated heterocycles. The monoisotopic (exact) mass is 375 g/mol. The van der Waals surface area contributed by atoms with Crippen molar-refractivity contribution in [3.05, 3.63) is 32.7 Å². The third-order valence-corrected chi connectivity index (χ3v) is 3.93. The summed E-state index contributed by atoms with van der Waals surface area (Å²) in [4.78, 5) is 16.0. The van der Waals surface area contributed by atoms with Crippen LogP contribution in [0.1, 0.15) is 5.69 Å². The summed E-state index contributed by atoms with van der Waals surface area (Å²) in [6.45, 7) is 0. The van der Waals surface area contributed by atoms with E-state index in [9.17, 15) is 4.79 Å². The molecule has 5 nitrogen and oxygen atoms in total. The average molecular weight is 377 g/mol. The molecule has 1 heterocycles. The maximum absolute atomic E-state index is 12.0. The minimum Gasteiger partial charge on any atom is -0.493 e. The van der Waals surface area contributed by atoms with Gasteiger partial charge in [-0.25, -0.2) is 4.98 Å². The Morgan fingerprint density at radius 2 is 2.35 bits per heavy atom. The average Bonchev–Trinajstić information content (AvgIpc) is 2.74. The zero-order valence-electron chi connectivity index (χ0n) is 10.4. The molecular formula is C12H11BrClN3O2S. The number of thiazole rings is 1. The lowest BCUT2D eigenvalue weighted by Crippen LogP contribution is -2.15. The van der Waals surface area contributed by atoms with E-state index in [0.717, 1.165) is 0 Å². The molecule has 0 radical (unpaired) electrons. The largest absolute Gasteiger partial charge is 0.493 e. The first kappa shape index (κ1) is 15.1. The van der Waals surface area contributed by atoms with Crippen LogP contribution in [0.5, 0.6) is 5.75 Å². The maximum atomic E-state index is 12.0. The highest BCUT2D eigenvalue weighted by atomic mass is 79.9. The van der Waals surface area contributed by atoms with Gasteiger partial charge in [-0.2, -0.15) is 0 Å². The number of hydrogen-bond donors (Lipinski definition) is 2. The zero-order chi connectivity index (χ0) is 14.7. The van der Waals surface area contributed by atoms with Crippen molar-refractivity contribution in [1.29, 1.82) is 0 Å². The fourth-order valence-electron chi connectivity index (χ4n) is 1.62. The lowest BCUT2D eigenvalue weighted by molar-refractivity contribution is -0.115. The van der Waals surface area contributed by atoms with Crippen LogP contribution in [0.25, 0.3) is 0 Å². The standard InChI is InChI=1S/C12H11BrClN3O2S/c1-19-11-8(13)2-6(14)3-9(11)17-10(18)4-7-5-20-12(15)16-7/h2-3,5H,4H2,1H3,(H2,15,16)(H,17,18). The molecule has 0 atom stereocenters. The number of nitrogens with one attached hydrogen (secondary N) is 1. The summed E-state index contributed by atoms with van der Waals surface area (Å²) in [6, 6.07) is 3.32. The number of nitrogens with zero attached hydrogens (tertiary/aromatic N) is 1. The van der Waals surface area contributed by atoms with Gasteiger partial charge < -0.3 is 15.8 Å². The molecule has 2 aromatic rings. The van der Waals surface area contributed by atoms with Gasteiger partial charge in [-0.05, 0) is 28.1 Å². The highest BCUT2D eigenvalue weighted by molar-refractivity contribution is 9.10. The summed E-state index contributed by atoms with van der Waals surface area (Å²) in [5.41, 5.74) is 6.65. The molecule has 0 saturated carbocycles. The molecule has 20 heavy (non-hydrogen) atoms. The second kappa shape index (κ2) is 6.43. The molecule has 106 valence electrons. The Balaban J connectivity index is 2.15. The normalized spacial score (nSPS) is 10.3. The van der Waals surface area contributed by atoms with Crippen LogP contribution in [0.15, 0.2) is 22.0 Å². The summed E-state index contributed by atoms with van der Waals surface area (Å²) < 4.78 is 5.90. The summed E-state index contributed by atoms with van der Waals surface area (Å²) in [5.74, 6) is 0.295. The maximum Gasteiger partial charge on any atom is 0.230 e. The predicted molar refractivity (Wildman–Crippen MR) is 84.6 cm³/mol. The molecule has 2 rings (SSSR count). The van der Waals surface area contributed by atoms with Crippen molar-refractivity contribution in [3.63, 3.8) is 0 Å². The predicted octanol–water partition coefficient (Wildman–Crippen LogP) is 3.33. The van der Waals surface area contributed by atoms with E-state index in [1.54, 1.807) is 17.5 Å². The van der Waals surface area contributed by atoms with Crippen LogP contribution in [-0.2, 0) is 11.2 Å². The Kier molecular flexibility index (Phi) is 4.85. The second-order valence-corrected chi connectivity index (χ2v) is 6.05. The van der Waals surface area contributed by atoms with Gasteiger partial charge in [0.15, 0.2) is 10.9 Å². The van der Waals surface area contributed by atoms with Gasteiger partial charge in [-0.3, -0.25) is 4.79 Å². The van der Waals surface area contributed by atoms with Crippen molar-refractivity contribution >= 4 is 55.6 Å². The van der Waals surface area contributed by atoms with E-state index in [1.807, 2.05) is 0 Å². The topological polar surface area (TPSA) is 77.2 Å². The Morgan fingerprint density at radius 1 is 1.60 bits per heavy atom. The molecule has 0 aliphatic rings. The van der Waals surface area contributed by atoms with E-state index in [-0.39, 0.29) is 12.3 Å². The minimum absolute atomic E-state index is 0.140. The third kappa shape index (κ3) is 3.62. The number of ether oxygens (including phenoxy) is 1. The highest BCUT2D eigenvalue weighted by Gasteiger charge is 2.13. The summed E-state index contributed by atoms with van der Waals surface area (Å²) >= 11 is 10.6. The van der Waals surface area contributed by atoms with Gasteiger partial charge in [0.1, 0.15) is 0 Å². The Bertz CT molecular complexity index is 648. The van der Waals surface area contributed by atoms with Crippen molar-refractivity contribution < 1.29 is 9.53 Å². The van der Waals surface area contributed by atoms with E-state index in [2.05, 4.69) is 26.2 Å². The van der Waals surface area contributed by atoms with Gasteiger partial charge in [0.25, 0.3) is 0 Å². The van der Waals surface area contributed by atoms with Crippen molar-refractivity contribution in [2.24, 2.45) is 0 Å². The van der Waals surface area contributed by atoms with Crippen LogP contribution >= 0.6 is 38.9 Å². The first-order valence-electron chi connectivity index (χ1n) is 5.52. The molecule has 0 fully saturated rings. The quantitative estimate of drug-likeness (QED) is 0.858. The first-order valence-corrected chi connectivity index (χ1v) is 7.57. The molecule has 3 N–H and O–H groups in total. The number of amides is 1. The van der Waals surface area contributed by atoms with Gasteiger partial charge in [0, 0.05) is 10.4 Å². The number of aromatic nitrogens is 1. The van der Waals surface area contributed by atoms with Gasteiger partial charge >= 0.3 is 0 Å². The summed E-state index contributed by atoms with van der Waals surface area (Å²) in [6.07, 6.45) is 0.140. The van der Waals surface area contributed by atoms with Gasteiger partial charge in [-0.1, -0.05) is 11.6 Å². The van der Waals surface area contributed by atoms with Gasteiger partial charge in [0.05, 0.1) is 29.4 Å². The molecule has 0 bridgehead atoms. The van der Waals surface area contributed by atoms with Crippen molar-refractivity contribution in [2.75, 3.05) is 18.2 Å². The number of hydrogen-bond acceptors (Lipinski definition) is 5. The number of rotatable bonds is 4. The lowest BCUT2D eigenvalue weighted by atomic mass is 10.2. The number of benzene rings is 1. The molecule has 1 aromatic carbocycles. The minimum atomic E-state index is -0.220. The van der Waals surface area contributed by atoms with Gasteiger partial charge in [-0.15, -0.1) is 11.3 Å². The summed E-state index contributed by atoms with van der Waals surface area (Å²) in [7, 11) is 1.52. The smallest absolute Gasteiger partial charge is 0.230 e. The van der Waals surface area contributed by atoms with Crippen LogP contribution in [0.4, 0.5) is 10.8 Å². The molecule has 1 amide bonds. The fraction of sp³-hybridized carbons (Fsp3) is 0.167. The Morgan fingerprint density at radius 3 is 2.95 bits per heavy atom. The number of nitrogen functional groups attached to an aromatic ring is 1. The Labute approximate surface area is 133 Å². The number of carbonyl (C=O) groups excluding carboxylic acids is 1. The van der Waals surface area contributed by atoms with Crippen LogP contribution in [0, 0.1) is 0 Å². The van der Waals surface area contributed by atoms with Crippen molar-refractivity contribution in [2.45, 2.75) is 6.42 Å². The molecule has 0 unspecified atom stereocenters. The van der Waals surface area contributed by atoms with Crippen LogP contribution in [0.2, 0.25) is 5.02 Å². The van der Waals surface area contributed by atoms with E-state index < -0.39 is 0 Å². The van der Waals surface area contributed by atoms with E-state index >= 15 is 0 Å². The zero-order valence-corrected chi connectivity index (χ0v) is 13.6. The number of halogens is 2.